The summed E-state index contributed by atoms with van der Waals surface area (Å²) in [5.74, 6) is 0.0763. The van der Waals surface area contributed by atoms with Gasteiger partial charge in [0.15, 0.2) is 0 Å². The van der Waals surface area contributed by atoms with Crippen LogP contribution in [0.2, 0.25) is 0 Å². The molecule has 0 saturated carbocycles. The molecule has 1 aromatic carbocycles. The predicted molar refractivity (Wildman–Crippen MR) is 71.2 cm³/mol. The van der Waals surface area contributed by atoms with Crippen LogP contribution in [-0.4, -0.2) is 25.8 Å². The smallest absolute Gasteiger partial charge is 0.293 e. The third kappa shape index (κ3) is 2.88. The van der Waals surface area contributed by atoms with Gasteiger partial charge >= 0.3 is 0 Å². The summed E-state index contributed by atoms with van der Waals surface area (Å²) >= 11 is 0. The molecule has 1 rings (SSSR count). The van der Waals surface area contributed by atoms with E-state index in [9.17, 15) is 9.59 Å². The molecule has 98 valence electrons. The van der Waals surface area contributed by atoms with Crippen molar-refractivity contribution in [2.24, 2.45) is 0 Å². The van der Waals surface area contributed by atoms with Crippen LogP contribution in [0.4, 0.5) is 5.69 Å². The standard InChI is InChI=1S/C14H19NO3/c1-9(2)12-8-11(6-7-13(12)18-5)15(4)14(17)10(3)16/h6-9H,1-5H3. The molecule has 0 aromatic heterocycles. The fraction of sp³-hybridized carbons (Fsp3) is 0.429. The summed E-state index contributed by atoms with van der Waals surface area (Å²) in [6, 6.07) is 5.46. The van der Waals surface area contributed by atoms with E-state index in [1.807, 2.05) is 12.1 Å². The Morgan fingerprint density at radius 1 is 1.28 bits per heavy atom. The minimum Gasteiger partial charge on any atom is -0.496 e. The lowest BCUT2D eigenvalue weighted by Gasteiger charge is -2.19. The molecule has 0 aliphatic carbocycles. The van der Waals surface area contributed by atoms with Crippen molar-refractivity contribution in [3.8, 4) is 5.75 Å². The molecule has 1 aromatic rings. The van der Waals surface area contributed by atoms with Crippen molar-refractivity contribution in [3.05, 3.63) is 23.8 Å². The first-order valence-electron chi connectivity index (χ1n) is 5.85. The van der Waals surface area contributed by atoms with Crippen LogP contribution < -0.4 is 9.64 Å². The number of likely N-dealkylation sites (N-methyl/N-ethyl adjacent to an activating group) is 1. The highest BCUT2D eigenvalue weighted by atomic mass is 16.5. The molecule has 0 N–H and O–H groups in total. The van der Waals surface area contributed by atoms with Gasteiger partial charge in [0.25, 0.3) is 5.91 Å². The van der Waals surface area contributed by atoms with Crippen molar-refractivity contribution in [1.82, 2.24) is 0 Å². The van der Waals surface area contributed by atoms with E-state index in [0.717, 1.165) is 11.3 Å². The van der Waals surface area contributed by atoms with E-state index in [4.69, 9.17) is 4.74 Å². The predicted octanol–water partition coefficient (Wildman–Crippen LogP) is 2.37. The lowest BCUT2D eigenvalue weighted by molar-refractivity contribution is -0.134. The Bertz CT molecular complexity index is 466. The maximum absolute atomic E-state index is 11.6. The van der Waals surface area contributed by atoms with Gasteiger partial charge in [0, 0.05) is 19.7 Å². The van der Waals surface area contributed by atoms with Crippen LogP contribution in [0.25, 0.3) is 0 Å². The molecule has 0 bridgehead atoms. The zero-order valence-electron chi connectivity index (χ0n) is 11.5. The van der Waals surface area contributed by atoms with E-state index in [0.29, 0.717) is 5.69 Å². The first-order valence-corrected chi connectivity index (χ1v) is 5.85. The molecule has 1 amide bonds. The SMILES string of the molecule is COc1ccc(N(C)C(=O)C(C)=O)cc1C(C)C. The molecule has 0 heterocycles. The van der Waals surface area contributed by atoms with Gasteiger partial charge in [-0.25, -0.2) is 0 Å². The number of rotatable bonds is 4. The lowest BCUT2D eigenvalue weighted by Crippen LogP contribution is -2.31. The zero-order valence-corrected chi connectivity index (χ0v) is 11.5. The van der Waals surface area contributed by atoms with Crippen molar-refractivity contribution < 1.29 is 14.3 Å². The molecule has 0 spiro atoms. The molecule has 4 heteroatoms. The zero-order chi connectivity index (χ0) is 13.9. The Morgan fingerprint density at radius 3 is 2.33 bits per heavy atom. The van der Waals surface area contributed by atoms with E-state index in [-0.39, 0.29) is 5.92 Å². The van der Waals surface area contributed by atoms with Crippen LogP contribution >= 0.6 is 0 Å². The molecule has 0 saturated heterocycles. The minimum atomic E-state index is -0.519. The Kier molecular flexibility index (Phi) is 4.48. The van der Waals surface area contributed by atoms with Gasteiger partial charge in [0.2, 0.25) is 5.78 Å². The summed E-state index contributed by atoms with van der Waals surface area (Å²) in [6.45, 7) is 5.37. The molecule has 0 aliphatic heterocycles. The second kappa shape index (κ2) is 5.67. The van der Waals surface area contributed by atoms with Gasteiger partial charge in [-0.1, -0.05) is 13.8 Å². The Morgan fingerprint density at radius 2 is 1.89 bits per heavy atom. The molecular formula is C14H19NO3. The van der Waals surface area contributed by atoms with Crippen molar-refractivity contribution in [2.75, 3.05) is 19.1 Å². The lowest BCUT2D eigenvalue weighted by atomic mass is 10.0. The molecule has 18 heavy (non-hydrogen) atoms. The maximum atomic E-state index is 11.6. The number of hydrogen-bond acceptors (Lipinski definition) is 3. The third-order valence-electron chi connectivity index (χ3n) is 2.83. The molecule has 0 fully saturated rings. The minimum absolute atomic E-state index is 0.278. The summed E-state index contributed by atoms with van der Waals surface area (Å²) < 4.78 is 5.28. The monoisotopic (exact) mass is 249 g/mol. The average Bonchev–Trinajstić information content (AvgIpc) is 2.35. The second-order valence-corrected chi connectivity index (χ2v) is 4.50. The highest BCUT2D eigenvalue weighted by Gasteiger charge is 2.17. The Labute approximate surface area is 108 Å². The number of amides is 1. The van der Waals surface area contributed by atoms with Crippen LogP contribution in [0.1, 0.15) is 32.3 Å². The van der Waals surface area contributed by atoms with E-state index in [1.165, 1.54) is 11.8 Å². The molecule has 0 atom stereocenters. The number of methoxy groups -OCH3 is 1. The number of nitrogens with zero attached hydrogens (tertiary/aromatic N) is 1. The highest BCUT2D eigenvalue weighted by molar-refractivity contribution is 6.40. The van der Waals surface area contributed by atoms with Crippen molar-refractivity contribution in [2.45, 2.75) is 26.7 Å². The summed E-state index contributed by atoms with van der Waals surface area (Å²) in [5.41, 5.74) is 1.71. The quantitative estimate of drug-likeness (QED) is 0.770. The largest absolute Gasteiger partial charge is 0.496 e. The summed E-state index contributed by atoms with van der Waals surface area (Å²) in [6.07, 6.45) is 0. The van der Waals surface area contributed by atoms with Gasteiger partial charge < -0.3 is 9.64 Å². The van der Waals surface area contributed by atoms with Crippen molar-refractivity contribution in [1.29, 1.82) is 0 Å². The molecular weight excluding hydrogens is 230 g/mol. The van der Waals surface area contributed by atoms with Gasteiger partial charge in [-0.2, -0.15) is 0 Å². The van der Waals surface area contributed by atoms with Gasteiger partial charge in [-0.05, 0) is 29.7 Å². The van der Waals surface area contributed by atoms with Gasteiger partial charge in [0.05, 0.1) is 7.11 Å². The average molecular weight is 249 g/mol. The number of anilines is 1. The van der Waals surface area contributed by atoms with E-state index >= 15 is 0 Å². The number of benzene rings is 1. The fourth-order valence-electron chi connectivity index (χ4n) is 1.73. The Hall–Kier alpha value is -1.84. The maximum Gasteiger partial charge on any atom is 0.293 e. The topological polar surface area (TPSA) is 46.6 Å². The summed E-state index contributed by atoms with van der Waals surface area (Å²) in [5, 5.41) is 0. The van der Waals surface area contributed by atoms with Crippen LogP contribution in [0.3, 0.4) is 0 Å². The number of ketones is 1. The summed E-state index contributed by atoms with van der Waals surface area (Å²) in [7, 11) is 3.21. The molecule has 0 aliphatic rings. The third-order valence-corrected chi connectivity index (χ3v) is 2.83. The van der Waals surface area contributed by atoms with Crippen LogP contribution in [0, 0.1) is 0 Å². The molecule has 0 radical (unpaired) electrons. The number of carbonyl (C=O) groups excluding carboxylic acids is 2. The highest BCUT2D eigenvalue weighted by Crippen LogP contribution is 2.30. The number of carbonyl (C=O) groups is 2. The Balaban J connectivity index is 3.16. The second-order valence-electron chi connectivity index (χ2n) is 4.50. The van der Waals surface area contributed by atoms with Crippen molar-refractivity contribution in [3.63, 3.8) is 0 Å². The molecule has 0 unspecified atom stereocenters. The van der Waals surface area contributed by atoms with Crippen LogP contribution in [0.15, 0.2) is 18.2 Å². The molecule has 4 nitrogen and oxygen atoms in total. The number of hydrogen-bond donors (Lipinski definition) is 0. The van der Waals surface area contributed by atoms with E-state index in [2.05, 4.69) is 13.8 Å². The van der Waals surface area contributed by atoms with E-state index < -0.39 is 11.7 Å². The van der Waals surface area contributed by atoms with Gasteiger partial charge in [0.1, 0.15) is 5.75 Å². The fourth-order valence-corrected chi connectivity index (χ4v) is 1.73. The first-order chi connectivity index (χ1) is 8.38. The van der Waals surface area contributed by atoms with Gasteiger partial charge in [-0.15, -0.1) is 0 Å². The van der Waals surface area contributed by atoms with Gasteiger partial charge in [-0.3, -0.25) is 9.59 Å². The number of ether oxygens (including phenoxy) is 1. The normalized spacial score (nSPS) is 10.3. The van der Waals surface area contributed by atoms with Crippen LogP contribution in [0.5, 0.6) is 5.75 Å². The first kappa shape index (κ1) is 14.2. The van der Waals surface area contributed by atoms with Crippen LogP contribution in [-0.2, 0) is 9.59 Å². The summed E-state index contributed by atoms with van der Waals surface area (Å²) in [4.78, 5) is 24.1. The van der Waals surface area contributed by atoms with Crippen molar-refractivity contribution >= 4 is 17.4 Å². The van der Waals surface area contributed by atoms with E-state index in [1.54, 1.807) is 20.2 Å². The number of Topliss-reactive ketones (excluding diaryl/α,β-unsaturated/α-hetero) is 1.